The molecule has 6 rings (SSSR count). The number of thiazole rings is 2. The van der Waals surface area contributed by atoms with E-state index in [2.05, 4.69) is 9.97 Å². The van der Waals surface area contributed by atoms with Crippen molar-refractivity contribution in [2.75, 3.05) is 0 Å². The van der Waals surface area contributed by atoms with Crippen LogP contribution in [-0.2, 0) is 0 Å². The number of halogens is 3. The summed E-state index contributed by atoms with van der Waals surface area (Å²) in [5.41, 5.74) is 2.13. The molecule has 0 bridgehead atoms. The number of rotatable bonds is 6. The molecule has 0 saturated heterocycles. The summed E-state index contributed by atoms with van der Waals surface area (Å²) in [7, 11) is 0. The Morgan fingerprint density at radius 3 is 1.57 bits per heavy atom. The number of carbonyl (C=O) groups excluding carboxylic acids is 1. The number of para-hydroxylation sites is 2. The fourth-order valence-electron chi connectivity index (χ4n) is 3.51. The van der Waals surface area contributed by atoms with E-state index in [1.54, 1.807) is 24.3 Å². The molecule has 0 radical (unpaired) electrons. The van der Waals surface area contributed by atoms with Gasteiger partial charge >= 0.3 is 6.18 Å². The summed E-state index contributed by atoms with van der Waals surface area (Å²) < 4.78 is 50.5. The summed E-state index contributed by atoms with van der Waals surface area (Å²) in [6.45, 7) is 0. The summed E-state index contributed by atoms with van der Waals surface area (Å²) in [6.07, 6.45) is -6.37. The summed E-state index contributed by atoms with van der Waals surface area (Å²) >= 11 is 2.84. The predicted molar refractivity (Wildman–Crippen MR) is 149 cm³/mol. The van der Waals surface area contributed by atoms with Crippen LogP contribution in [0.4, 0.5) is 13.2 Å². The van der Waals surface area contributed by atoms with Crippen molar-refractivity contribution in [2.45, 2.75) is 12.3 Å². The van der Waals surface area contributed by atoms with Gasteiger partial charge in [0.25, 0.3) is 10.4 Å². The maximum absolute atomic E-state index is 12.4. The fourth-order valence-corrected chi connectivity index (χ4v) is 5.18. The van der Waals surface area contributed by atoms with Crippen molar-refractivity contribution in [3.05, 3.63) is 108 Å². The Balaban J connectivity index is 0.000000164. The lowest BCUT2D eigenvalue weighted by molar-refractivity contribution is -0.206. The molecule has 4 aromatic carbocycles. The van der Waals surface area contributed by atoms with Gasteiger partial charge in [-0.3, -0.25) is 4.79 Å². The van der Waals surface area contributed by atoms with Gasteiger partial charge in [0.1, 0.15) is 17.8 Å². The number of hydrogen-bond acceptors (Lipinski definition) is 8. The molecular formula is C29H19F3N2O4S2. The molecule has 0 amide bonds. The van der Waals surface area contributed by atoms with Crippen molar-refractivity contribution in [1.29, 1.82) is 0 Å². The van der Waals surface area contributed by atoms with Gasteiger partial charge in [0, 0.05) is 5.56 Å². The van der Waals surface area contributed by atoms with Gasteiger partial charge in [-0.15, -0.1) is 0 Å². The summed E-state index contributed by atoms with van der Waals surface area (Å²) in [6, 6.07) is 27.4. The highest BCUT2D eigenvalue weighted by Crippen LogP contribution is 2.35. The second kappa shape index (κ2) is 11.8. The number of aliphatic hydroxyl groups excluding tert-OH is 1. The Labute approximate surface area is 233 Å². The standard InChI is InChI=1S/C15H10F3NO2S.C14H9NO2S/c16-15(17,18)13(20)9-5-7-10(8-6-9)21-14-19-11-3-1-2-4-12(11)22-14;16-9-10-5-7-11(8-6-10)17-14-15-12-3-1-2-4-13(12)18-14/h1-8,13,20H;1-9H. The molecule has 6 aromatic rings. The average molecular weight is 581 g/mol. The fraction of sp³-hybridized carbons (Fsp3) is 0.0690. The van der Waals surface area contributed by atoms with Crippen molar-refractivity contribution in [3.63, 3.8) is 0 Å². The topological polar surface area (TPSA) is 81.5 Å². The molecular weight excluding hydrogens is 561 g/mol. The van der Waals surface area contributed by atoms with Crippen LogP contribution >= 0.6 is 22.7 Å². The summed E-state index contributed by atoms with van der Waals surface area (Å²) in [4.78, 5) is 19.2. The minimum atomic E-state index is -4.69. The lowest BCUT2D eigenvalue weighted by Gasteiger charge is -2.14. The van der Waals surface area contributed by atoms with Crippen LogP contribution in [-0.4, -0.2) is 27.5 Å². The molecule has 202 valence electrons. The first-order chi connectivity index (χ1) is 19.3. The van der Waals surface area contributed by atoms with Crippen LogP contribution in [0.5, 0.6) is 21.9 Å². The number of hydrogen-bond donors (Lipinski definition) is 1. The molecule has 1 unspecified atom stereocenters. The van der Waals surface area contributed by atoms with E-state index in [-0.39, 0.29) is 5.56 Å². The van der Waals surface area contributed by atoms with Crippen LogP contribution in [0.1, 0.15) is 22.0 Å². The second-order valence-corrected chi connectivity index (χ2v) is 10.3. The summed E-state index contributed by atoms with van der Waals surface area (Å²) in [5, 5.41) is 10.2. The normalized spacial score (nSPS) is 12.0. The monoisotopic (exact) mass is 580 g/mol. The maximum atomic E-state index is 12.4. The van der Waals surface area contributed by atoms with E-state index in [1.165, 1.54) is 46.9 Å². The minimum Gasteiger partial charge on any atom is -0.431 e. The first kappa shape index (κ1) is 27.3. The molecule has 11 heteroatoms. The first-order valence-electron chi connectivity index (χ1n) is 11.8. The highest BCUT2D eigenvalue weighted by atomic mass is 32.1. The smallest absolute Gasteiger partial charge is 0.418 e. The quantitative estimate of drug-likeness (QED) is 0.199. The van der Waals surface area contributed by atoms with Crippen LogP contribution in [0, 0.1) is 0 Å². The maximum Gasteiger partial charge on any atom is 0.418 e. The van der Waals surface area contributed by atoms with Crippen molar-refractivity contribution in [2.24, 2.45) is 0 Å². The number of ether oxygens (including phenoxy) is 2. The predicted octanol–water partition coefficient (Wildman–Crippen LogP) is 8.59. The van der Waals surface area contributed by atoms with Crippen LogP contribution < -0.4 is 9.47 Å². The van der Waals surface area contributed by atoms with E-state index in [0.717, 1.165) is 26.7 Å². The molecule has 0 aliphatic carbocycles. The van der Waals surface area contributed by atoms with Gasteiger partial charge in [-0.1, -0.05) is 59.1 Å². The van der Waals surface area contributed by atoms with Gasteiger partial charge in [0.15, 0.2) is 6.10 Å². The van der Waals surface area contributed by atoms with Crippen LogP contribution in [0.3, 0.4) is 0 Å². The number of benzene rings is 4. The third-order valence-corrected chi connectivity index (χ3v) is 7.31. The van der Waals surface area contributed by atoms with Gasteiger partial charge in [-0.05, 0) is 66.2 Å². The second-order valence-electron chi connectivity index (χ2n) is 8.30. The van der Waals surface area contributed by atoms with Gasteiger partial charge in [-0.25, -0.2) is 9.97 Å². The Bertz CT molecular complexity index is 1670. The molecule has 1 atom stereocenters. The molecule has 0 saturated carbocycles. The Hall–Kier alpha value is -4.32. The zero-order chi connectivity index (χ0) is 28.1. The van der Waals surface area contributed by atoms with Gasteiger partial charge < -0.3 is 14.6 Å². The van der Waals surface area contributed by atoms with E-state index < -0.39 is 12.3 Å². The number of nitrogens with zero attached hydrogens (tertiary/aromatic N) is 2. The third kappa shape index (κ3) is 6.63. The Morgan fingerprint density at radius 2 is 1.15 bits per heavy atom. The van der Waals surface area contributed by atoms with E-state index >= 15 is 0 Å². The third-order valence-electron chi connectivity index (χ3n) is 5.48. The largest absolute Gasteiger partial charge is 0.431 e. The van der Waals surface area contributed by atoms with E-state index in [4.69, 9.17) is 14.6 Å². The molecule has 0 aliphatic rings. The molecule has 1 N–H and O–H groups in total. The van der Waals surface area contributed by atoms with E-state index in [0.29, 0.717) is 27.4 Å². The number of aromatic nitrogens is 2. The molecule has 0 spiro atoms. The highest BCUT2D eigenvalue weighted by molar-refractivity contribution is 7.20. The van der Waals surface area contributed by atoms with Gasteiger partial charge in [-0.2, -0.15) is 13.2 Å². The molecule has 0 aliphatic heterocycles. The minimum absolute atomic E-state index is 0.232. The number of alkyl halides is 3. The lowest BCUT2D eigenvalue weighted by Crippen LogP contribution is -2.19. The summed E-state index contributed by atoms with van der Waals surface area (Å²) in [5.74, 6) is 1.04. The SMILES string of the molecule is O=Cc1ccc(Oc2nc3ccccc3s2)cc1.OC(c1ccc(Oc2nc3ccccc3s2)cc1)C(F)(F)F. The number of fused-ring (bicyclic) bond motifs is 2. The van der Waals surface area contributed by atoms with Crippen LogP contribution in [0.25, 0.3) is 20.4 Å². The zero-order valence-electron chi connectivity index (χ0n) is 20.4. The zero-order valence-corrected chi connectivity index (χ0v) is 22.0. The molecule has 2 aromatic heterocycles. The number of carbonyl (C=O) groups is 1. The molecule has 40 heavy (non-hydrogen) atoms. The van der Waals surface area contributed by atoms with Gasteiger partial charge in [0.2, 0.25) is 0 Å². The highest BCUT2D eigenvalue weighted by Gasteiger charge is 2.39. The first-order valence-corrected chi connectivity index (χ1v) is 13.4. The van der Waals surface area contributed by atoms with Crippen molar-refractivity contribution in [3.8, 4) is 21.9 Å². The van der Waals surface area contributed by atoms with E-state index in [1.807, 2.05) is 48.5 Å². The average Bonchev–Trinajstić information content (AvgIpc) is 3.56. The Morgan fingerprint density at radius 1 is 0.700 bits per heavy atom. The number of aliphatic hydroxyl groups is 1. The molecule has 2 heterocycles. The van der Waals surface area contributed by atoms with Crippen molar-refractivity contribution in [1.82, 2.24) is 9.97 Å². The van der Waals surface area contributed by atoms with Crippen LogP contribution in [0.15, 0.2) is 97.1 Å². The van der Waals surface area contributed by atoms with Crippen molar-refractivity contribution >= 4 is 49.4 Å². The van der Waals surface area contributed by atoms with Gasteiger partial charge in [0.05, 0.1) is 20.4 Å². The van der Waals surface area contributed by atoms with E-state index in [9.17, 15) is 18.0 Å². The lowest BCUT2D eigenvalue weighted by atomic mass is 10.1. The molecule has 6 nitrogen and oxygen atoms in total. The van der Waals surface area contributed by atoms with Crippen molar-refractivity contribution < 1.29 is 32.5 Å². The Kier molecular flexibility index (Phi) is 8.06. The number of aldehydes is 1. The molecule has 0 fully saturated rings. The van der Waals surface area contributed by atoms with Crippen LogP contribution in [0.2, 0.25) is 0 Å².